The van der Waals surface area contributed by atoms with Gasteiger partial charge in [0.05, 0.1) is 24.7 Å². The van der Waals surface area contributed by atoms with Crippen LogP contribution in [0.25, 0.3) is 10.9 Å². The molecule has 0 atom stereocenters. The molecule has 1 aromatic heterocycles. The largest absolute Gasteiger partial charge is 0.486 e. The zero-order valence-electron chi connectivity index (χ0n) is 15.0. The summed E-state index contributed by atoms with van der Waals surface area (Å²) in [5, 5.41) is 9.26. The molecule has 0 aliphatic rings. The number of esters is 1. The van der Waals surface area contributed by atoms with Gasteiger partial charge < -0.3 is 14.0 Å². The van der Waals surface area contributed by atoms with Crippen LogP contribution in [0.4, 0.5) is 0 Å². The number of benzene rings is 1. The molecular weight excluding hydrogens is 320 g/mol. The summed E-state index contributed by atoms with van der Waals surface area (Å²) in [5.41, 5.74) is 2.26. The van der Waals surface area contributed by atoms with Crippen molar-refractivity contribution in [2.75, 3.05) is 13.2 Å². The lowest BCUT2D eigenvalue weighted by atomic mass is 10.1. The molecule has 0 aliphatic carbocycles. The lowest BCUT2D eigenvalue weighted by Crippen LogP contribution is -2.10. The Balaban J connectivity index is 2.48. The third-order valence-corrected chi connectivity index (χ3v) is 3.89. The summed E-state index contributed by atoms with van der Waals surface area (Å²) in [6, 6.07) is 7.35. The lowest BCUT2D eigenvalue weighted by molar-refractivity contribution is -0.120. The normalized spacial score (nSPS) is 10.7. The molecule has 0 amide bonds. The Hall–Kier alpha value is -2.81. The fourth-order valence-electron chi connectivity index (χ4n) is 2.94. The van der Waals surface area contributed by atoms with Crippen molar-refractivity contribution in [3.8, 4) is 11.8 Å². The number of carbonyl (C=O) groups is 2. The molecule has 0 N–H and O–H groups in total. The van der Waals surface area contributed by atoms with Gasteiger partial charge in [-0.3, -0.25) is 4.79 Å². The van der Waals surface area contributed by atoms with Gasteiger partial charge in [0.2, 0.25) is 0 Å². The average Bonchev–Trinajstić information content (AvgIpc) is 2.84. The van der Waals surface area contributed by atoms with E-state index >= 15 is 0 Å². The number of hydrogen-bond acceptors (Lipinski definition) is 5. The molecule has 1 aromatic carbocycles. The van der Waals surface area contributed by atoms with Crippen LogP contribution < -0.4 is 4.74 Å². The number of aromatic nitrogens is 1. The van der Waals surface area contributed by atoms with E-state index in [4.69, 9.17) is 14.7 Å². The van der Waals surface area contributed by atoms with E-state index in [1.165, 1.54) is 0 Å². The second-order valence-corrected chi connectivity index (χ2v) is 5.99. The first-order chi connectivity index (χ1) is 11.9. The van der Waals surface area contributed by atoms with E-state index in [-0.39, 0.29) is 30.8 Å². The highest BCUT2D eigenvalue weighted by Gasteiger charge is 2.22. The van der Waals surface area contributed by atoms with E-state index in [9.17, 15) is 9.59 Å². The molecule has 0 unspecified atom stereocenters. The molecule has 0 saturated heterocycles. The van der Waals surface area contributed by atoms with Crippen molar-refractivity contribution in [3.05, 3.63) is 29.5 Å². The maximum Gasteiger partial charge on any atom is 0.340 e. The summed E-state index contributed by atoms with van der Waals surface area (Å²) in [5.74, 6) is -0.184. The Morgan fingerprint density at radius 1 is 1.32 bits per heavy atom. The highest BCUT2D eigenvalue weighted by atomic mass is 16.5. The zero-order chi connectivity index (χ0) is 18.6. The minimum Gasteiger partial charge on any atom is -0.486 e. The molecule has 0 fully saturated rings. The predicted molar refractivity (Wildman–Crippen MR) is 93.7 cm³/mol. The smallest absolute Gasteiger partial charge is 0.340 e. The molecular formula is C19H22N2O4. The molecule has 6 nitrogen and oxygen atoms in total. The minimum atomic E-state index is -0.373. The predicted octanol–water partition coefficient (Wildman–Crippen LogP) is 3.57. The van der Waals surface area contributed by atoms with Gasteiger partial charge in [-0.15, -0.1) is 0 Å². The van der Waals surface area contributed by atoms with E-state index in [1.807, 2.05) is 26.8 Å². The van der Waals surface area contributed by atoms with E-state index in [0.717, 1.165) is 16.6 Å². The molecule has 25 heavy (non-hydrogen) atoms. The lowest BCUT2D eigenvalue weighted by Gasteiger charge is -2.12. The maximum atomic E-state index is 12.4. The van der Waals surface area contributed by atoms with Crippen molar-refractivity contribution >= 4 is 22.7 Å². The second-order valence-electron chi connectivity index (χ2n) is 5.99. The third-order valence-electron chi connectivity index (χ3n) is 3.89. The first-order valence-electron chi connectivity index (χ1n) is 8.23. The molecule has 0 aliphatic heterocycles. The Morgan fingerprint density at radius 2 is 2.04 bits per heavy atom. The molecule has 2 rings (SSSR count). The molecule has 0 bridgehead atoms. The molecule has 0 spiro atoms. The van der Waals surface area contributed by atoms with Crippen molar-refractivity contribution in [2.24, 2.45) is 0 Å². The number of nitrogens with zero attached hydrogens (tertiary/aromatic N) is 2. The van der Waals surface area contributed by atoms with Gasteiger partial charge in [0.1, 0.15) is 12.4 Å². The number of carbonyl (C=O) groups excluding carboxylic acids is 2. The van der Waals surface area contributed by atoms with E-state index in [1.54, 1.807) is 25.1 Å². The van der Waals surface area contributed by atoms with E-state index in [0.29, 0.717) is 17.9 Å². The van der Waals surface area contributed by atoms with E-state index in [2.05, 4.69) is 4.57 Å². The van der Waals surface area contributed by atoms with Crippen molar-refractivity contribution < 1.29 is 19.1 Å². The Kier molecular flexibility index (Phi) is 5.81. The first-order valence-corrected chi connectivity index (χ1v) is 8.23. The number of rotatable bonds is 7. The number of ether oxygens (including phenoxy) is 2. The summed E-state index contributed by atoms with van der Waals surface area (Å²) in [6.45, 7) is 7.88. The number of ketones is 1. The highest BCUT2D eigenvalue weighted by Crippen LogP contribution is 2.32. The average molecular weight is 342 g/mol. The fourth-order valence-corrected chi connectivity index (χ4v) is 2.94. The molecule has 0 radical (unpaired) electrons. The number of hydrogen-bond donors (Lipinski definition) is 0. The number of Topliss-reactive ketones (excluding diaryl/α,β-unsaturated/α-hetero) is 1. The maximum absolute atomic E-state index is 12.4. The van der Waals surface area contributed by atoms with Crippen LogP contribution in [0.1, 0.15) is 49.3 Å². The van der Waals surface area contributed by atoms with Crippen molar-refractivity contribution in [2.45, 2.75) is 40.2 Å². The van der Waals surface area contributed by atoms with Crippen LogP contribution in [0.15, 0.2) is 18.2 Å². The van der Waals surface area contributed by atoms with E-state index < -0.39 is 0 Å². The van der Waals surface area contributed by atoms with Crippen LogP contribution >= 0.6 is 0 Å². The van der Waals surface area contributed by atoms with Crippen LogP contribution in [0.2, 0.25) is 0 Å². The second kappa shape index (κ2) is 7.84. The topological polar surface area (TPSA) is 81.3 Å². The fraction of sp³-hybridized carbons (Fsp3) is 0.421. The van der Waals surface area contributed by atoms with Crippen molar-refractivity contribution in [1.82, 2.24) is 4.57 Å². The SMILES string of the molecule is CCOC(=O)c1c(C)n(C(C)C)c2ccc(OCC(=O)CC#N)cc12. The summed E-state index contributed by atoms with van der Waals surface area (Å²) in [7, 11) is 0. The summed E-state index contributed by atoms with van der Waals surface area (Å²) < 4.78 is 12.7. The highest BCUT2D eigenvalue weighted by molar-refractivity contribution is 6.06. The Bertz CT molecular complexity index is 843. The van der Waals surface area contributed by atoms with Gasteiger partial charge in [0.15, 0.2) is 5.78 Å². The van der Waals surface area contributed by atoms with Gasteiger partial charge in [-0.25, -0.2) is 4.79 Å². The van der Waals surface area contributed by atoms with Gasteiger partial charge in [0, 0.05) is 22.6 Å². The molecule has 1 heterocycles. The van der Waals surface area contributed by atoms with Crippen LogP contribution in [0.5, 0.6) is 5.75 Å². The van der Waals surface area contributed by atoms with Crippen LogP contribution in [0, 0.1) is 18.3 Å². The van der Waals surface area contributed by atoms with Crippen LogP contribution in [0.3, 0.4) is 0 Å². The monoisotopic (exact) mass is 342 g/mol. The van der Waals surface area contributed by atoms with Gasteiger partial charge in [-0.2, -0.15) is 5.26 Å². The zero-order valence-corrected chi connectivity index (χ0v) is 15.0. The minimum absolute atomic E-state index is 0.169. The Morgan fingerprint density at radius 3 is 2.64 bits per heavy atom. The van der Waals surface area contributed by atoms with Gasteiger partial charge in [-0.1, -0.05) is 0 Å². The summed E-state index contributed by atoms with van der Waals surface area (Å²) >= 11 is 0. The quantitative estimate of drug-likeness (QED) is 0.719. The first kappa shape index (κ1) is 18.5. The molecule has 132 valence electrons. The van der Waals surface area contributed by atoms with Crippen LogP contribution in [-0.2, 0) is 9.53 Å². The number of nitriles is 1. The number of fused-ring (bicyclic) bond motifs is 1. The van der Waals surface area contributed by atoms with Crippen molar-refractivity contribution in [1.29, 1.82) is 5.26 Å². The molecule has 2 aromatic rings. The van der Waals surface area contributed by atoms with Crippen molar-refractivity contribution in [3.63, 3.8) is 0 Å². The third kappa shape index (κ3) is 3.82. The molecule has 0 saturated carbocycles. The summed E-state index contributed by atoms with van der Waals surface area (Å²) in [6.07, 6.45) is -0.181. The van der Waals surface area contributed by atoms with Gasteiger partial charge >= 0.3 is 5.97 Å². The van der Waals surface area contributed by atoms with Crippen LogP contribution in [-0.4, -0.2) is 29.5 Å². The summed E-state index contributed by atoms with van der Waals surface area (Å²) in [4.78, 5) is 23.9. The standard InChI is InChI=1S/C19H22N2O4/c1-5-24-19(23)18-13(4)21(12(2)3)17-7-6-15(10-16(17)18)25-11-14(22)8-9-20/h6-7,10,12H,5,8,11H2,1-4H3. The van der Waals surface area contributed by atoms with Gasteiger partial charge in [-0.05, 0) is 45.9 Å². The molecule has 6 heteroatoms. The Labute approximate surface area is 146 Å². The van der Waals surface area contributed by atoms with Gasteiger partial charge in [0.25, 0.3) is 0 Å².